The SMILES string of the molecule is Cc1ccc(C2CNCCC2C2CCC(C)O2)cc1. The third kappa shape index (κ3) is 2.85. The third-order valence-electron chi connectivity index (χ3n) is 4.78. The van der Waals surface area contributed by atoms with Crippen molar-refractivity contribution in [2.45, 2.75) is 51.2 Å². The van der Waals surface area contributed by atoms with Crippen LogP contribution in [0.5, 0.6) is 0 Å². The molecule has 2 nitrogen and oxygen atoms in total. The van der Waals surface area contributed by atoms with Gasteiger partial charge in [0, 0.05) is 12.5 Å². The molecule has 0 aromatic heterocycles. The Hall–Kier alpha value is -0.860. The van der Waals surface area contributed by atoms with Crippen LogP contribution in [0.3, 0.4) is 0 Å². The molecule has 2 heteroatoms. The molecule has 2 saturated heterocycles. The molecular formula is C17H25NO. The van der Waals surface area contributed by atoms with E-state index in [-0.39, 0.29) is 0 Å². The molecule has 4 atom stereocenters. The lowest BCUT2D eigenvalue weighted by atomic mass is 9.77. The molecule has 1 aromatic rings. The molecular weight excluding hydrogens is 234 g/mol. The number of hydrogen-bond donors (Lipinski definition) is 1. The second-order valence-corrected chi connectivity index (χ2v) is 6.24. The van der Waals surface area contributed by atoms with Crippen LogP contribution in [-0.2, 0) is 4.74 Å². The van der Waals surface area contributed by atoms with E-state index >= 15 is 0 Å². The van der Waals surface area contributed by atoms with Gasteiger partial charge in [-0.15, -0.1) is 0 Å². The van der Waals surface area contributed by atoms with Gasteiger partial charge in [0.2, 0.25) is 0 Å². The fourth-order valence-corrected chi connectivity index (χ4v) is 3.65. The van der Waals surface area contributed by atoms with Gasteiger partial charge in [0.05, 0.1) is 12.2 Å². The number of hydrogen-bond acceptors (Lipinski definition) is 2. The minimum Gasteiger partial charge on any atom is -0.375 e. The van der Waals surface area contributed by atoms with Crippen molar-refractivity contribution in [1.82, 2.24) is 5.32 Å². The predicted octanol–water partition coefficient (Wildman–Crippen LogP) is 3.26. The summed E-state index contributed by atoms with van der Waals surface area (Å²) in [7, 11) is 0. The number of ether oxygens (including phenoxy) is 1. The topological polar surface area (TPSA) is 21.3 Å². The first-order valence-electron chi connectivity index (χ1n) is 7.67. The van der Waals surface area contributed by atoms with Crippen molar-refractivity contribution < 1.29 is 4.74 Å². The standard InChI is InChI=1S/C17H25NO/c1-12-3-6-14(7-4-12)16-11-18-10-9-15(16)17-8-5-13(2)19-17/h3-4,6-7,13,15-18H,5,8-11H2,1-2H3. The molecule has 0 radical (unpaired) electrons. The molecule has 2 aliphatic rings. The van der Waals surface area contributed by atoms with Crippen LogP contribution in [0.4, 0.5) is 0 Å². The molecule has 0 aliphatic carbocycles. The summed E-state index contributed by atoms with van der Waals surface area (Å²) in [5.41, 5.74) is 2.82. The molecule has 2 fully saturated rings. The molecule has 3 rings (SSSR count). The van der Waals surface area contributed by atoms with E-state index < -0.39 is 0 Å². The van der Waals surface area contributed by atoms with E-state index in [1.807, 2.05) is 0 Å². The lowest BCUT2D eigenvalue weighted by Gasteiger charge is -2.36. The average Bonchev–Trinajstić information content (AvgIpc) is 2.86. The van der Waals surface area contributed by atoms with Gasteiger partial charge in [-0.05, 0) is 51.1 Å². The predicted molar refractivity (Wildman–Crippen MR) is 78.5 cm³/mol. The zero-order valence-electron chi connectivity index (χ0n) is 12.1. The highest BCUT2D eigenvalue weighted by Crippen LogP contribution is 2.38. The first-order valence-corrected chi connectivity index (χ1v) is 7.67. The fourth-order valence-electron chi connectivity index (χ4n) is 3.65. The summed E-state index contributed by atoms with van der Waals surface area (Å²) in [5.74, 6) is 1.30. The van der Waals surface area contributed by atoms with Crippen LogP contribution in [0.25, 0.3) is 0 Å². The second kappa shape index (κ2) is 5.64. The highest BCUT2D eigenvalue weighted by molar-refractivity contribution is 5.26. The van der Waals surface area contributed by atoms with Crippen molar-refractivity contribution in [3.63, 3.8) is 0 Å². The molecule has 1 N–H and O–H groups in total. The number of rotatable bonds is 2. The Bertz CT molecular complexity index is 414. The maximum Gasteiger partial charge on any atom is 0.0614 e. The van der Waals surface area contributed by atoms with Gasteiger partial charge >= 0.3 is 0 Å². The first kappa shape index (κ1) is 13.1. The van der Waals surface area contributed by atoms with Gasteiger partial charge < -0.3 is 10.1 Å². The lowest BCUT2D eigenvalue weighted by molar-refractivity contribution is 0.00348. The monoisotopic (exact) mass is 259 g/mol. The molecule has 19 heavy (non-hydrogen) atoms. The second-order valence-electron chi connectivity index (χ2n) is 6.24. The number of aryl methyl sites for hydroxylation is 1. The van der Waals surface area contributed by atoms with Gasteiger partial charge in [-0.1, -0.05) is 29.8 Å². The summed E-state index contributed by atoms with van der Waals surface area (Å²) >= 11 is 0. The zero-order valence-corrected chi connectivity index (χ0v) is 12.1. The molecule has 0 spiro atoms. The largest absolute Gasteiger partial charge is 0.375 e. The Labute approximate surface area is 116 Å². The fraction of sp³-hybridized carbons (Fsp3) is 0.647. The van der Waals surface area contributed by atoms with E-state index in [0.29, 0.717) is 24.0 Å². The van der Waals surface area contributed by atoms with E-state index in [0.717, 1.165) is 13.1 Å². The maximum atomic E-state index is 6.15. The first-order chi connectivity index (χ1) is 9.24. The summed E-state index contributed by atoms with van der Waals surface area (Å²) in [6.07, 6.45) is 4.65. The van der Waals surface area contributed by atoms with E-state index in [1.165, 1.54) is 30.4 Å². The molecule has 1 aromatic carbocycles. The minimum absolute atomic E-state index is 0.457. The maximum absolute atomic E-state index is 6.15. The van der Waals surface area contributed by atoms with Gasteiger partial charge in [-0.3, -0.25) is 0 Å². The van der Waals surface area contributed by atoms with Gasteiger partial charge in [-0.2, -0.15) is 0 Å². The Morgan fingerprint density at radius 2 is 1.89 bits per heavy atom. The van der Waals surface area contributed by atoms with Crippen molar-refractivity contribution in [3.8, 4) is 0 Å². The summed E-state index contributed by atoms with van der Waals surface area (Å²) in [6, 6.07) is 9.08. The molecule has 0 amide bonds. The lowest BCUT2D eigenvalue weighted by Crippen LogP contribution is -2.40. The Balaban J connectivity index is 1.78. The van der Waals surface area contributed by atoms with Crippen LogP contribution in [0.2, 0.25) is 0 Å². The molecule has 2 heterocycles. The van der Waals surface area contributed by atoms with Gasteiger partial charge in [0.1, 0.15) is 0 Å². The number of piperidine rings is 1. The summed E-state index contributed by atoms with van der Waals surface area (Å²) in [4.78, 5) is 0. The normalized spacial score (nSPS) is 35.5. The summed E-state index contributed by atoms with van der Waals surface area (Å²) in [6.45, 7) is 6.60. The van der Waals surface area contributed by atoms with Crippen molar-refractivity contribution in [2.75, 3.05) is 13.1 Å². The van der Waals surface area contributed by atoms with Crippen molar-refractivity contribution in [3.05, 3.63) is 35.4 Å². The van der Waals surface area contributed by atoms with Gasteiger partial charge in [-0.25, -0.2) is 0 Å². The van der Waals surface area contributed by atoms with E-state index in [9.17, 15) is 0 Å². The van der Waals surface area contributed by atoms with Crippen molar-refractivity contribution in [1.29, 1.82) is 0 Å². The quantitative estimate of drug-likeness (QED) is 0.880. The van der Waals surface area contributed by atoms with Crippen LogP contribution in [-0.4, -0.2) is 25.3 Å². The van der Waals surface area contributed by atoms with Gasteiger partial charge in [0.15, 0.2) is 0 Å². The Morgan fingerprint density at radius 3 is 2.58 bits per heavy atom. The van der Waals surface area contributed by atoms with Crippen molar-refractivity contribution in [2.24, 2.45) is 5.92 Å². The van der Waals surface area contributed by atoms with Crippen LogP contribution in [0.1, 0.15) is 43.2 Å². The molecule has 0 saturated carbocycles. The highest BCUT2D eigenvalue weighted by atomic mass is 16.5. The molecule has 0 bridgehead atoms. The van der Waals surface area contributed by atoms with Crippen molar-refractivity contribution >= 4 is 0 Å². The Kier molecular flexibility index (Phi) is 3.90. The van der Waals surface area contributed by atoms with Crippen LogP contribution in [0.15, 0.2) is 24.3 Å². The molecule has 4 unspecified atom stereocenters. The summed E-state index contributed by atoms with van der Waals surface area (Å²) < 4.78 is 6.15. The average molecular weight is 259 g/mol. The van der Waals surface area contributed by atoms with Gasteiger partial charge in [0.25, 0.3) is 0 Å². The smallest absolute Gasteiger partial charge is 0.0614 e. The van der Waals surface area contributed by atoms with Crippen LogP contribution < -0.4 is 5.32 Å². The summed E-state index contributed by atoms with van der Waals surface area (Å²) in [5, 5.41) is 3.56. The van der Waals surface area contributed by atoms with Crippen LogP contribution in [0, 0.1) is 12.8 Å². The minimum atomic E-state index is 0.457. The number of benzene rings is 1. The Morgan fingerprint density at radius 1 is 1.11 bits per heavy atom. The van der Waals surface area contributed by atoms with E-state index in [1.54, 1.807) is 0 Å². The van der Waals surface area contributed by atoms with E-state index in [2.05, 4.69) is 43.4 Å². The molecule has 2 aliphatic heterocycles. The zero-order chi connectivity index (χ0) is 13.2. The number of nitrogens with one attached hydrogen (secondary N) is 1. The van der Waals surface area contributed by atoms with E-state index in [4.69, 9.17) is 4.74 Å². The third-order valence-corrected chi connectivity index (χ3v) is 4.78. The molecule has 104 valence electrons. The highest BCUT2D eigenvalue weighted by Gasteiger charge is 2.36. The van der Waals surface area contributed by atoms with Crippen LogP contribution >= 0.6 is 0 Å².